The van der Waals surface area contributed by atoms with Crippen molar-refractivity contribution in [3.63, 3.8) is 0 Å². The Bertz CT molecular complexity index is 639. The van der Waals surface area contributed by atoms with E-state index in [1.54, 1.807) is 12.4 Å². The molecule has 0 radical (unpaired) electrons. The second-order valence-electron chi connectivity index (χ2n) is 6.43. The van der Waals surface area contributed by atoms with Crippen molar-refractivity contribution in [2.24, 2.45) is 0 Å². The Labute approximate surface area is 149 Å². The molecule has 2 amide bonds. The summed E-state index contributed by atoms with van der Waals surface area (Å²) < 4.78 is 0. The topological polar surface area (TPSA) is 48.5 Å². The van der Waals surface area contributed by atoms with Gasteiger partial charge in [-0.15, -0.1) is 0 Å². The molecule has 0 saturated carbocycles. The van der Waals surface area contributed by atoms with Crippen molar-refractivity contribution in [2.75, 3.05) is 32.7 Å². The maximum atomic E-state index is 12.3. The molecular weight excluding hydrogens is 312 g/mol. The molecule has 0 bridgehead atoms. The lowest BCUT2D eigenvalue weighted by Crippen LogP contribution is -2.51. The highest BCUT2D eigenvalue weighted by atomic mass is 16.2. The Hall–Kier alpha value is -2.40. The van der Waals surface area contributed by atoms with Crippen LogP contribution < -0.4 is 5.32 Å². The van der Waals surface area contributed by atoms with Crippen molar-refractivity contribution in [2.45, 2.75) is 19.4 Å². The smallest absolute Gasteiger partial charge is 0.317 e. The zero-order valence-corrected chi connectivity index (χ0v) is 14.6. The fraction of sp³-hybridized carbons (Fsp3) is 0.400. The molecule has 1 aliphatic rings. The summed E-state index contributed by atoms with van der Waals surface area (Å²) in [7, 11) is 0. The van der Waals surface area contributed by atoms with Gasteiger partial charge in [-0.25, -0.2) is 4.79 Å². The Morgan fingerprint density at radius 3 is 2.40 bits per heavy atom. The number of hydrogen-bond donors (Lipinski definition) is 1. The average molecular weight is 338 g/mol. The summed E-state index contributed by atoms with van der Waals surface area (Å²) in [5.74, 6) is 0. The van der Waals surface area contributed by atoms with Gasteiger partial charge in [0.15, 0.2) is 0 Å². The van der Waals surface area contributed by atoms with Gasteiger partial charge in [-0.3, -0.25) is 9.88 Å². The SMILES string of the molecule is O=C(NCc1ccncc1)N1CCN(CCCc2ccccc2)CC1. The van der Waals surface area contributed by atoms with Crippen LogP contribution in [0, 0.1) is 0 Å². The predicted octanol–water partition coefficient (Wildman–Crippen LogP) is 2.54. The fourth-order valence-corrected chi connectivity index (χ4v) is 3.12. The second-order valence-corrected chi connectivity index (χ2v) is 6.43. The van der Waals surface area contributed by atoms with E-state index in [9.17, 15) is 4.79 Å². The van der Waals surface area contributed by atoms with E-state index >= 15 is 0 Å². The van der Waals surface area contributed by atoms with Gasteiger partial charge in [0, 0.05) is 45.1 Å². The van der Waals surface area contributed by atoms with E-state index in [1.165, 1.54) is 5.56 Å². The number of piperazine rings is 1. The van der Waals surface area contributed by atoms with Crippen molar-refractivity contribution in [1.82, 2.24) is 20.1 Å². The molecule has 0 unspecified atom stereocenters. The molecule has 2 heterocycles. The van der Waals surface area contributed by atoms with Gasteiger partial charge in [0.05, 0.1) is 0 Å². The van der Waals surface area contributed by atoms with Gasteiger partial charge in [-0.2, -0.15) is 0 Å². The molecule has 1 N–H and O–H groups in total. The molecule has 0 spiro atoms. The lowest BCUT2D eigenvalue weighted by Gasteiger charge is -2.34. The first-order chi connectivity index (χ1) is 12.3. The first-order valence-electron chi connectivity index (χ1n) is 8.99. The quantitative estimate of drug-likeness (QED) is 0.880. The number of pyridine rings is 1. The Balaban J connectivity index is 1.33. The molecule has 25 heavy (non-hydrogen) atoms. The third kappa shape index (κ3) is 5.57. The van der Waals surface area contributed by atoms with E-state index in [-0.39, 0.29) is 6.03 Å². The molecule has 3 rings (SSSR count). The number of urea groups is 1. The Kier molecular flexibility index (Phi) is 6.40. The summed E-state index contributed by atoms with van der Waals surface area (Å²) >= 11 is 0. The van der Waals surface area contributed by atoms with Crippen LogP contribution in [0.5, 0.6) is 0 Å². The lowest BCUT2D eigenvalue weighted by molar-refractivity contribution is 0.138. The minimum atomic E-state index is 0.0285. The van der Waals surface area contributed by atoms with Crippen molar-refractivity contribution in [3.8, 4) is 0 Å². The number of hydrogen-bond acceptors (Lipinski definition) is 3. The molecule has 2 aromatic rings. The van der Waals surface area contributed by atoms with Crippen molar-refractivity contribution in [3.05, 3.63) is 66.0 Å². The lowest BCUT2D eigenvalue weighted by atomic mass is 10.1. The van der Waals surface area contributed by atoms with Gasteiger partial charge in [0.2, 0.25) is 0 Å². The number of amides is 2. The summed E-state index contributed by atoms with van der Waals surface area (Å²) in [5.41, 5.74) is 2.47. The minimum absolute atomic E-state index is 0.0285. The largest absolute Gasteiger partial charge is 0.334 e. The molecule has 1 fully saturated rings. The van der Waals surface area contributed by atoms with Gasteiger partial charge in [0.25, 0.3) is 0 Å². The van der Waals surface area contributed by atoms with E-state index < -0.39 is 0 Å². The average Bonchev–Trinajstić information content (AvgIpc) is 2.68. The highest BCUT2D eigenvalue weighted by Crippen LogP contribution is 2.07. The van der Waals surface area contributed by atoms with Crippen LogP contribution in [-0.4, -0.2) is 53.5 Å². The number of aryl methyl sites for hydroxylation is 1. The Morgan fingerprint density at radius 2 is 1.68 bits per heavy atom. The first kappa shape index (κ1) is 17.4. The van der Waals surface area contributed by atoms with E-state index in [1.807, 2.05) is 17.0 Å². The second kappa shape index (κ2) is 9.18. The predicted molar refractivity (Wildman–Crippen MR) is 99.2 cm³/mol. The molecule has 0 atom stereocenters. The van der Waals surface area contributed by atoms with Crippen molar-refractivity contribution >= 4 is 6.03 Å². The van der Waals surface area contributed by atoms with Crippen molar-refractivity contribution < 1.29 is 4.79 Å². The standard InChI is InChI=1S/C20H26N4O/c25-20(22-17-19-8-10-21-11-9-19)24-15-13-23(14-16-24)12-4-7-18-5-2-1-3-6-18/h1-3,5-6,8-11H,4,7,12-17H2,(H,22,25). The third-order valence-corrected chi connectivity index (χ3v) is 4.64. The highest BCUT2D eigenvalue weighted by molar-refractivity contribution is 5.74. The molecule has 1 aromatic heterocycles. The zero-order chi connectivity index (χ0) is 17.3. The van der Waals surface area contributed by atoms with Crippen LogP contribution in [0.25, 0.3) is 0 Å². The number of rotatable bonds is 6. The number of carbonyl (C=O) groups excluding carboxylic acids is 1. The number of benzene rings is 1. The molecule has 132 valence electrons. The van der Waals surface area contributed by atoms with Crippen LogP contribution in [0.15, 0.2) is 54.9 Å². The zero-order valence-electron chi connectivity index (χ0n) is 14.6. The molecule has 1 aromatic carbocycles. The third-order valence-electron chi connectivity index (χ3n) is 4.64. The summed E-state index contributed by atoms with van der Waals surface area (Å²) in [6, 6.07) is 14.5. The number of nitrogens with one attached hydrogen (secondary N) is 1. The summed E-state index contributed by atoms with van der Waals surface area (Å²) in [6.07, 6.45) is 5.77. The molecular formula is C20H26N4O. The van der Waals surface area contributed by atoms with E-state index in [0.717, 1.165) is 51.1 Å². The summed E-state index contributed by atoms with van der Waals surface area (Å²) in [5, 5.41) is 2.99. The normalized spacial score (nSPS) is 15.1. The Morgan fingerprint density at radius 1 is 0.960 bits per heavy atom. The fourth-order valence-electron chi connectivity index (χ4n) is 3.12. The molecule has 5 nitrogen and oxygen atoms in total. The van der Waals surface area contributed by atoms with Crippen LogP contribution in [0.3, 0.4) is 0 Å². The maximum absolute atomic E-state index is 12.3. The van der Waals surface area contributed by atoms with Crippen LogP contribution >= 0.6 is 0 Å². The highest BCUT2D eigenvalue weighted by Gasteiger charge is 2.20. The number of nitrogens with zero attached hydrogens (tertiary/aromatic N) is 3. The van der Waals surface area contributed by atoms with E-state index in [0.29, 0.717) is 6.54 Å². The number of aromatic nitrogens is 1. The first-order valence-corrected chi connectivity index (χ1v) is 8.99. The van der Waals surface area contributed by atoms with Crippen LogP contribution in [0.4, 0.5) is 4.79 Å². The summed E-state index contributed by atoms with van der Waals surface area (Å²) in [6.45, 7) is 5.16. The van der Waals surface area contributed by atoms with Gasteiger partial charge in [-0.05, 0) is 42.6 Å². The van der Waals surface area contributed by atoms with E-state index in [2.05, 4.69) is 45.5 Å². The van der Waals surface area contributed by atoms with Gasteiger partial charge >= 0.3 is 6.03 Å². The molecule has 0 aliphatic carbocycles. The minimum Gasteiger partial charge on any atom is -0.334 e. The van der Waals surface area contributed by atoms with Gasteiger partial charge in [0.1, 0.15) is 0 Å². The van der Waals surface area contributed by atoms with Gasteiger partial charge < -0.3 is 10.2 Å². The maximum Gasteiger partial charge on any atom is 0.317 e. The van der Waals surface area contributed by atoms with Crippen LogP contribution in [-0.2, 0) is 13.0 Å². The monoisotopic (exact) mass is 338 g/mol. The summed E-state index contributed by atoms with van der Waals surface area (Å²) in [4.78, 5) is 20.6. The van der Waals surface area contributed by atoms with Crippen LogP contribution in [0.2, 0.25) is 0 Å². The van der Waals surface area contributed by atoms with Crippen LogP contribution in [0.1, 0.15) is 17.5 Å². The molecule has 1 saturated heterocycles. The number of carbonyl (C=O) groups is 1. The van der Waals surface area contributed by atoms with Crippen molar-refractivity contribution in [1.29, 1.82) is 0 Å². The van der Waals surface area contributed by atoms with E-state index in [4.69, 9.17) is 0 Å². The molecule has 5 heteroatoms. The van der Waals surface area contributed by atoms with Gasteiger partial charge in [-0.1, -0.05) is 30.3 Å². The molecule has 1 aliphatic heterocycles.